The largest absolute Gasteiger partial charge is 0.441 e. The highest BCUT2D eigenvalue weighted by molar-refractivity contribution is 7.12. The van der Waals surface area contributed by atoms with Crippen LogP contribution in [0.25, 0.3) is 22.5 Å². The zero-order chi connectivity index (χ0) is 16.5. The molecule has 8 heteroatoms. The van der Waals surface area contributed by atoms with Crippen molar-refractivity contribution in [3.05, 3.63) is 52.4 Å². The van der Waals surface area contributed by atoms with Crippen LogP contribution in [0.1, 0.15) is 21.5 Å². The maximum absolute atomic E-state index is 11.9. The number of aromatic nitrogens is 3. The molecule has 4 rings (SSSR count). The fourth-order valence-corrected chi connectivity index (χ4v) is 2.92. The van der Waals surface area contributed by atoms with Crippen LogP contribution in [0, 0.1) is 6.92 Å². The molecule has 0 radical (unpaired) electrons. The van der Waals surface area contributed by atoms with Crippen molar-refractivity contribution >= 4 is 28.3 Å². The van der Waals surface area contributed by atoms with Crippen molar-refractivity contribution in [2.45, 2.75) is 13.5 Å². The van der Waals surface area contributed by atoms with E-state index in [9.17, 15) is 4.79 Å². The summed E-state index contributed by atoms with van der Waals surface area (Å²) in [6.07, 6.45) is 0. The van der Waals surface area contributed by atoms with Gasteiger partial charge in [-0.2, -0.15) is 4.98 Å². The number of hydrogen-bond donors (Lipinski definition) is 1. The first-order chi connectivity index (χ1) is 11.7. The van der Waals surface area contributed by atoms with Crippen LogP contribution in [-0.4, -0.2) is 21.0 Å². The molecule has 0 saturated heterocycles. The third-order valence-corrected chi connectivity index (χ3v) is 4.23. The molecule has 7 nitrogen and oxygen atoms in total. The molecule has 1 amide bonds. The zero-order valence-corrected chi connectivity index (χ0v) is 13.5. The van der Waals surface area contributed by atoms with Crippen LogP contribution in [0.3, 0.4) is 0 Å². The number of rotatable bonds is 4. The summed E-state index contributed by atoms with van der Waals surface area (Å²) >= 11 is 1.38. The molecular formula is C16H12N4O3S. The van der Waals surface area contributed by atoms with E-state index >= 15 is 0 Å². The first-order valence-electron chi connectivity index (χ1n) is 7.21. The minimum absolute atomic E-state index is 0.163. The molecule has 120 valence electrons. The number of oxazole rings is 1. The van der Waals surface area contributed by atoms with Gasteiger partial charge in [-0.3, -0.25) is 4.79 Å². The smallest absolute Gasteiger partial charge is 0.261 e. The van der Waals surface area contributed by atoms with Crippen LogP contribution >= 0.6 is 11.3 Å². The van der Waals surface area contributed by atoms with Crippen molar-refractivity contribution in [3.63, 3.8) is 0 Å². The Hall–Kier alpha value is -3.00. The van der Waals surface area contributed by atoms with Crippen molar-refractivity contribution in [1.29, 1.82) is 0 Å². The fraction of sp³-hybridized carbons (Fsp3) is 0.125. The van der Waals surface area contributed by atoms with Crippen LogP contribution in [0.4, 0.5) is 0 Å². The van der Waals surface area contributed by atoms with E-state index in [1.54, 1.807) is 13.0 Å². The van der Waals surface area contributed by atoms with Gasteiger partial charge < -0.3 is 14.3 Å². The number of nitrogens with one attached hydrogen (secondary N) is 1. The van der Waals surface area contributed by atoms with Gasteiger partial charge in [0.05, 0.1) is 11.4 Å². The minimum Gasteiger partial charge on any atom is -0.441 e. The van der Waals surface area contributed by atoms with Crippen LogP contribution in [0.15, 0.2) is 44.7 Å². The summed E-state index contributed by atoms with van der Waals surface area (Å²) in [5.41, 5.74) is 2.22. The van der Waals surface area contributed by atoms with E-state index in [0.29, 0.717) is 28.1 Å². The number of fused-ring (bicyclic) bond motifs is 1. The van der Waals surface area contributed by atoms with Gasteiger partial charge in [0.25, 0.3) is 5.91 Å². The highest BCUT2D eigenvalue weighted by atomic mass is 32.1. The molecule has 3 aromatic heterocycles. The Balaban J connectivity index is 1.50. The van der Waals surface area contributed by atoms with Gasteiger partial charge in [-0.25, -0.2) is 4.98 Å². The number of nitrogens with zero attached hydrogens (tertiary/aromatic N) is 3. The van der Waals surface area contributed by atoms with E-state index < -0.39 is 0 Å². The second kappa shape index (κ2) is 5.89. The van der Waals surface area contributed by atoms with Crippen molar-refractivity contribution < 1.29 is 13.7 Å². The lowest BCUT2D eigenvalue weighted by Gasteiger charge is -1.98. The van der Waals surface area contributed by atoms with Gasteiger partial charge in [0.2, 0.25) is 11.7 Å². The lowest BCUT2D eigenvalue weighted by molar-refractivity contribution is 0.0950. The predicted octanol–water partition coefficient (Wildman–Crippen LogP) is 3.18. The van der Waals surface area contributed by atoms with Gasteiger partial charge in [0.15, 0.2) is 11.5 Å². The highest BCUT2D eigenvalue weighted by Gasteiger charge is 2.13. The van der Waals surface area contributed by atoms with E-state index in [4.69, 9.17) is 8.94 Å². The predicted molar refractivity (Wildman–Crippen MR) is 87.5 cm³/mol. The first-order valence-corrected chi connectivity index (χ1v) is 8.09. The molecule has 24 heavy (non-hydrogen) atoms. The van der Waals surface area contributed by atoms with Crippen LogP contribution in [0.5, 0.6) is 0 Å². The highest BCUT2D eigenvalue weighted by Crippen LogP contribution is 2.22. The Bertz CT molecular complexity index is 1000. The van der Waals surface area contributed by atoms with E-state index in [1.165, 1.54) is 11.3 Å². The molecule has 0 aliphatic heterocycles. The normalized spacial score (nSPS) is 11.0. The Morgan fingerprint density at radius 3 is 3.04 bits per heavy atom. The average molecular weight is 340 g/mol. The number of thiophene rings is 1. The third-order valence-electron chi connectivity index (χ3n) is 3.37. The van der Waals surface area contributed by atoms with Crippen molar-refractivity contribution in [2.75, 3.05) is 0 Å². The Labute approximate surface area is 140 Å². The third kappa shape index (κ3) is 2.79. The van der Waals surface area contributed by atoms with Gasteiger partial charge in [-0.15, -0.1) is 11.3 Å². The molecule has 0 unspecified atom stereocenters. The standard InChI is InChI=1S/C16H12N4O3S/c1-9-18-11-7-10(4-5-12(11)22-9)15-19-14(23-20-15)8-17-16(21)13-3-2-6-24-13/h2-7H,8H2,1H3,(H,17,21). The van der Waals surface area contributed by atoms with Gasteiger partial charge in [0, 0.05) is 12.5 Å². The van der Waals surface area contributed by atoms with Crippen molar-refractivity contribution in [3.8, 4) is 11.4 Å². The topological polar surface area (TPSA) is 94.1 Å². The molecule has 4 aromatic rings. The lowest BCUT2D eigenvalue weighted by atomic mass is 10.2. The zero-order valence-electron chi connectivity index (χ0n) is 12.6. The van der Waals surface area contributed by atoms with Crippen molar-refractivity contribution in [1.82, 2.24) is 20.4 Å². The molecule has 0 fully saturated rings. The fourth-order valence-electron chi connectivity index (χ4n) is 2.28. The van der Waals surface area contributed by atoms with Gasteiger partial charge in [-0.05, 0) is 29.6 Å². The van der Waals surface area contributed by atoms with Crippen molar-refractivity contribution in [2.24, 2.45) is 0 Å². The van der Waals surface area contributed by atoms with Crippen LogP contribution in [-0.2, 0) is 6.54 Å². The summed E-state index contributed by atoms with van der Waals surface area (Å²) in [6.45, 7) is 1.97. The molecule has 3 heterocycles. The molecule has 1 aromatic carbocycles. The molecule has 0 atom stereocenters. The summed E-state index contributed by atoms with van der Waals surface area (Å²) in [4.78, 5) is 21.1. The Morgan fingerprint density at radius 2 is 2.21 bits per heavy atom. The SMILES string of the molecule is Cc1nc2cc(-c3noc(CNC(=O)c4cccs4)n3)ccc2o1. The van der Waals surface area contributed by atoms with E-state index in [0.717, 1.165) is 11.1 Å². The second-order valence-electron chi connectivity index (χ2n) is 5.09. The number of benzene rings is 1. The number of aryl methyl sites for hydroxylation is 1. The molecule has 0 aliphatic carbocycles. The molecule has 0 bridgehead atoms. The van der Waals surface area contributed by atoms with Crippen LogP contribution < -0.4 is 5.32 Å². The first kappa shape index (κ1) is 14.6. The lowest BCUT2D eigenvalue weighted by Crippen LogP contribution is -2.21. The van der Waals surface area contributed by atoms with Gasteiger partial charge in [0.1, 0.15) is 5.52 Å². The summed E-state index contributed by atoms with van der Waals surface area (Å²) in [6, 6.07) is 9.08. The monoisotopic (exact) mass is 340 g/mol. The Morgan fingerprint density at radius 1 is 1.29 bits per heavy atom. The van der Waals surface area contributed by atoms with Gasteiger partial charge >= 0.3 is 0 Å². The van der Waals surface area contributed by atoms with E-state index in [-0.39, 0.29) is 12.5 Å². The number of hydrogen-bond acceptors (Lipinski definition) is 7. The summed E-state index contributed by atoms with van der Waals surface area (Å²) < 4.78 is 10.6. The molecule has 1 N–H and O–H groups in total. The number of carbonyl (C=O) groups excluding carboxylic acids is 1. The second-order valence-corrected chi connectivity index (χ2v) is 6.03. The summed E-state index contributed by atoms with van der Waals surface area (Å²) in [5.74, 6) is 1.22. The van der Waals surface area contributed by atoms with E-state index in [2.05, 4.69) is 20.4 Å². The summed E-state index contributed by atoms with van der Waals surface area (Å²) in [7, 11) is 0. The summed E-state index contributed by atoms with van der Waals surface area (Å²) in [5, 5.41) is 8.54. The maximum Gasteiger partial charge on any atom is 0.261 e. The quantitative estimate of drug-likeness (QED) is 0.613. The molecule has 0 aliphatic rings. The number of carbonyl (C=O) groups is 1. The number of amides is 1. The Kier molecular flexibility index (Phi) is 3.58. The molecule has 0 spiro atoms. The molecular weight excluding hydrogens is 328 g/mol. The van der Waals surface area contributed by atoms with Crippen LogP contribution in [0.2, 0.25) is 0 Å². The van der Waals surface area contributed by atoms with Gasteiger partial charge in [-0.1, -0.05) is 11.2 Å². The minimum atomic E-state index is -0.163. The average Bonchev–Trinajstić information content (AvgIpc) is 3.31. The molecule has 0 saturated carbocycles. The van der Waals surface area contributed by atoms with E-state index in [1.807, 2.05) is 29.6 Å². The maximum atomic E-state index is 11.9.